The van der Waals surface area contributed by atoms with E-state index in [4.69, 9.17) is 25.5 Å². The van der Waals surface area contributed by atoms with Gasteiger partial charge in [0, 0.05) is 6.04 Å². The van der Waals surface area contributed by atoms with Crippen molar-refractivity contribution in [2.75, 3.05) is 12.9 Å². The Morgan fingerprint density at radius 3 is 2.00 bits per heavy atom. The predicted octanol–water partition coefficient (Wildman–Crippen LogP) is 1.92. The van der Waals surface area contributed by atoms with Gasteiger partial charge in [-0.3, -0.25) is 9.35 Å². The summed E-state index contributed by atoms with van der Waals surface area (Å²) < 4.78 is 36.2. The highest BCUT2D eigenvalue weighted by Gasteiger charge is 2.17. The SMILES string of the molecule is CS(=O)(=O)O.NC(N)=Nc1ccc(C(=O)Oc2ccc(C(=O)OCC(=O)NC3CCCCC3)cc2)cc1. The van der Waals surface area contributed by atoms with Crippen molar-refractivity contribution in [2.45, 2.75) is 38.1 Å². The number of ether oxygens (including phenoxy) is 2. The lowest BCUT2D eigenvalue weighted by Crippen LogP contribution is -2.38. The standard InChI is InChI=1S/C23H26N4O5.CH4O3S/c24-23(25)27-18-10-6-16(7-11-18)22(30)32-19-12-8-15(9-13-19)21(29)31-14-20(28)26-17-4-2-1-3-5-17;1-5(2,3)4/h6-13,17H,1-5,14H2,(H,26,28)(H4,24,25,27);1H3,(H,2,3,4). The molecule has 0 atom stereocenters. The summed E-state index contributed by atoms with van der Waals surface area (Å²) in [5.41, 5.74) is 11.7. The van der Waals surface area contributed by atoms with Crippen LogP contribution in [0, 0.1) is 0 Å². The van der Waals surface area contributed by atoms with Gasteiger partial charge in [-0.15, -0.1) is 0 Å². The van der Waals surface area contributed by atoms with Crippen LogP contribution < -0.4 is 21.5 Å². The van der Waals surface area contributed by atoms with Gasteiger partial charge in [-0.25, -0.2) is 14.6 Å². The second-order valence-corrected chi connectivity index (χ2v) is 9.68. The van der Waals surface area contributed by atoms with Crippen molar-refractivity contribution in [1.82, 2.24) is 5.32 Å². The van der Waals surface area contributed by atoms with Gasteiger partial charge in [0.05, 0.1) is 23.1 Å². The minimum Gasteiger partial charge on any atom is -0.452 e. The van der Waals surface area contributed by atoms with Crippen LogP contribution in [-0.2, 0) is 19.6 Å². The third-order valence-electron chi connectivity index (χ3n) is 4.97. The topological polar surface area (TPSA) is 200 Å². The summed E-state index contributed by atoms with van der Waals surface area (Å²) in [6.45, 7) is -0.331. The minimum absolute atomic E-state index is 0.0798. The largest absolute Gasteiger partial charge is 0.452 e. The van der Waals surface area contributed by atoms with Crippen LogP contribution in [0.4, 0.5) is 5.69 Å². The number of nitrogens with zero attached hydrogens (tertiary/aromatic N) is 1. The number of benzene rings is 2. The molecule has 1 aliphatic carbocycles. The van der Waals surface area contributed by atoms with Crippen LogP contribution in [-0.4, -0.2) is 55.7 Å². The Bertz CT molecular complexity index is 1190. The lowest BCUT2D eigenvalue weighted by atomic mass is 9.95. The highest BCUT2D eigenvalue weighted by molar-refractivity contribution is 7.85. The number of esters is 2. The first kappa shape index (κ1) is 29.3. The monoisotopic (exact) mass is 534 g/mol. The Kier molecular flexibility index (Phi) is 11.0. The zero-order valence-electron chi connectivity index (χ0n) is 20.3. The summed E-state index contributed by atoms with van der Waals surface area (Å²) in [7, 11) is -3.67. The number of hydrogen-bond donors (Lipinski definition) is 4. The highest BCUT2D eigenvalue weighted by Crippen LogP contribution is 2.18. The van der Waals surface area contributed by atoms with Gasteiger partial charge < -0.3 is 26.3 Å². The van der Waals surface area contributed by atoms with E-state index in [0.29, 0.717) is 17.5 Å². The van der Waals surface area contributed by atoms with Crippen molar-refractivity contribution >= 4 is 39.6 Å². The smallest absolute Gasteiger partial charge is 0.343 e. The van der Waals surface area contributed by atoms with Gasteiger partial charge in [0.15, 0.2) is 12.6 Å². The summed E-state index contributed by atoms with van der Waals surface area (Å²) in [6, 6.07) is 12.3. The molecule has 1 saturated carbocycles. The Balaban J connectivity index is 0.000000877. The molecule has 3 rings (SSSR count). The molecule has 13 heteroatoms. The maximum absolute atomic E-state index is 12.3. The van der Waals surface area contributed by atoms with E-state index in [-0.39, 0.29) is 35.8 Å². The van der Waals surface area contributed by atoms with Crippen LogP contribution in [0.1, 0.15) is 52.8 Å². The maximum atomic E-state index is 12.3. The Morgan fingerprint density at radius 2 is 1.46 bits per heavy atom. The molecule has 2 aromatic rings. The molecule has 0 spiro atoms. The molecule has 0 aliphatic heterocycles. The fourth-order valence-corrected chi connectivity index (χ4v) is 3.38. The van der Waals surface area contributed by atoms with Crippen LogP contribution in [0.3, 0.4) is 0 Å². The Labute approximate surface area is 214 Å². The van der Waals surface area contributed by atoms with Gasteiger partial charge in [-0.2, -0.15) is 8.42 Å². The van der Waals surface area contributed by atoms with Crippen molar-refractivity contribution in [1.29, 1.82) is 0 Å². The van der Waals surface area contributed by atoms with Crippen LogP contribution in [0.2, 0.25) is 0 Å². The van der Waals surface area contributed by atoms with E-state index in [9.17, 15) is 22.8 Å². The quantitative estimate of drug-likeness (QED) is 0.134. The van der Waals surface area contributed by atoms with Gasteiger partial charge >= 0.3 is 11.9 Å². The van der Waals surface area contributed by atoms with Gasteiger partial charge in [0.25, 0.3) is 16.0 Å². The fourth-order valence-electron chi connectivity index (χ4n) is 3.38. The highest BCUT2D eigenvalue weighted by atomic mass is 32.2. The van der Waals surface area contributed by atoms with Crippen LogP contribution in [0.15, 0.2) is 53.5 Å². The number of aliphatic imine (C=N–C) groups is 1. The van der Waals surface area contributed by atoms with Gasteiger partial charge in [0.1, 0.15) is 5.75 Å². The molecule has 0 saturated heterocycles. The number of nitrogens with two attached hydrogens (primary N) is 2. The molecular formula is C24H30N4O8S. The first-order valence-electron chi connectivity index (χ1n) is 11.3. The second-order valence-electron chi connectivity index (χ2n) is 8.21. The number of rotatable bonds is 7. The van der Waals surface area contributed by atoms with E-state index in [1.54, 1.807) is 12.1 Å². The predicted molar refractivity (Wildman–Crippen MR) is 136 cm³/mol. The van der Waals surface area contributed by atoms with E-state index in [1.807, 2.05) is 0 Å². The van der Waals surface area contributed by atoms with Gasteiger partial charge in [-0.05, 0) is 61.4 Å². The molecule has 0 aromatic heterocycles. The zero-order chi connectivity index (χ0) is 27.4. The summed E-state index contributed by atoms with van der Waals surface area (Å²) in [6.07, 6.45) is 6.03. The van der Waals surface area contributed by atoms with Crippen LogP contribution in [0.5, 0.6) is 5.75 Å². The maximum Gasteiger partial charge on any atom is 0.343 e. The molecule has 1 aliphatic rings. The molecule has 1 amide bonds. The van der Waals surface area contributed by atoms with Crippen LogP contribution in [0.25, 0.3) is 0 Å². The van der Waals surface area contributed by atoms with E-state index < -0.39 is 22.1 Å². The third kappa shape index (κ3) is 12.0. The number of amides is 1. The van der Waals surface area contributed by atoms with E-state index in [1.165, 1.54) is 42.8 Å². The second kappa shape index (κ2) is 13.9. The first-order valence-corrected chi connectivity index (χ1v) is 13.2. The minimum atomic E-state index is -3.67. The molecule has 37 heavy (non-hydrogen) atoms. The van der Waals surface area contributed by atoms with E-state index >= 15 is 0 Å². The normalized spacial score (nSPS) is 13.4. The molecule has 12 nitrogen and oxygen atoms in total. The van der Waals surface area contributed by atoms with Gasteiger partial charge in [0.2, 0.25) is 0 Å². The van der Waals surface area contributed by atoms with Crippen LogP contribution >= 0.6 is 0 Å². The van der Waals surface area contributed by atoms with E-state index in [0.717, 1.165) is 25.7 Å². The summed E-state index contributed by atoms with van der Waals surface area (Å²) in [5.74, 6) is -1.33. The molecule has 2 aromatic carbocycles. The average molecular weight is 535 g/mol. The lowest BCUT2D eigenvalue weighted by molar-refractivity contribution is -0.125. The number of carbonyl (C=O) groups is 3. The van der Waals surface area contributed by atoms with Crippen molar-refractivity contribution in [2.24, 2.45) is 16.5 Å². The number of hydrogen-bond acceptors (Lipinski definition) is 8. The molecule has 0 bridgehead atoms. The van der Waals surface area contributed by atoms with Gasteiger partial charge in [-0.1, -0.05) is 19.3 Å². The third-order valence-corrected chi connectivity index (χ3v) is 4.97. The summed E-state index contributed by atoms with van der Waals surface area (Å²) >= 11 is 0. The van der Waals surface area contributed by atoms with Crippen molar-refractivity contribution < 1.29 is 36.8 Å². The first-order chi connectivity index (χ1) is 17.4. The summed E-state index contributed by atoms with van der Waals surface area (Å²) in [5, 5.41) is 2.89. The zero-order valence-corrected chi connectivity index (χ0v) is 21.1. The summed E-state index contributed by atoms with van der Waals surface area (Å²) in [4.78, 5) is 40.3. The molecule has 1 fully saturated rings. The molecule has 200 valence electrons. The molecule has 6 N–H and O–H groups in total. The number of nitrogens with one attached hydrogen (secondary N) is 1. The fraction of sp³-hybridized carbons (Fsp3) is 0.333. The average Bonchev–Trinajstić information content (AvgIpc) is 2.82. The lowest BCUT2D eigenvalue weighted by Gasteiger charge is -2.22. The number of carbonyl (C=O) groups excluding carboxylic acids is 3. The molecule has 0 heterocycles. The Hall–Kier alpha value is -3.97. The van der Waals surface area contributed by atoms with Crippen molar-refractivity contribution in [3.8, 4) is 5.75 Å². The molecular weight excluding hydrogens is 504 g/mol. The number of guanidine groups is 1. The van der Waals surface area contributed by atoms with Crippen molar-refractivity contribution in [3.63, 3.8) is 0 Å². The Morgan fingerprint density at radius 1 is 0.946 bits per heavy atom. The van der Waals surface area contributed by atoms with E-state index in [2.05, 4.69) is 10.3 Å². The van der Waals surface area contributed by atoms with Crippen molar-refractivity contribution in [3.05, 3.63) is 59.7 Å². The molecule has 0 unspecified atom stereocenters. The molecule has 0 radical (unpaired) electrons.